The van der Waals surface area contributed by atoms with Crippen LogP contribution in [0.25, 0.3) is 0 Å². The molecule has 0 heterocycles. The minimum Gasteiger partial charge on any atom is -0.319 e. The fourth-order valence-corrected chi connectivity index (χ4v) is 4.50. The number of anilines is 2. The molecule has 0 aliphatic rings. The molecule has 0 aromatic heterocycles. The quantitative estimate of drug-likeness (QED) is 0.364. The van der Waals surface area contributed by atoms with Gasteiger partial charge in [-0.05, 0) is 42.5 Å². The summed E-state index contributed by atoms with van der Waals surface area (Å²) in [6.45, 7) is 3.53. The molecular weight excluding hydrogens is 465 g/mol. The Morgan fingerprint density at radius 1 is 1.03 bits per heavy atom. The molecule has 0 atom stereocenters. The Morgan fingerprint density at radius 3 is 2.38 bits per heavy atom. The molecule has 10 heteroatoms. The molecule has 0 fully saturated rings. The van der Waals surface area contributed by atoms with Gasteiger partial charge >= 0.3 is 0 Å². The lowest BCUT2D eigenvalue weighted by Gasteiger charge is -2.23. The third-order valence-electron chi connectivity index (χ3n) is 4.39. The maximum Gasteiger partial charge on any atom is 0.264 e. The van der Waals surface area contributed by atoms with Crippen molar-refractivity contribution in [2.24, 2.45) is 0 Å². The fraction of sp³-hybridized carbons (Fsp3) is 0.0455. The van der Waals surface area contributed by atoms with Gasteiger partial charge in [-0.15, -0.1) is 6.58 Å². The molecule has 1 amide bonds. The van der Waals surface area contributed by atoms with Crippen LogP contribution in [-0.2, 0) is 10.0 Å². The van der Waals surface area contributed by atoms with Crippen LogP contribution in [0.5, 0.6) is 0 Å². The molecule has 5 nitrogen and oxygen atoms in total. The summed E-state index contributed by atoms with van der Waals surface area (Å²) in [6.07, 6.45) is 1.40. The van der Waals surface area contributed by atoms with Crippen LogP contribution >= 0.6 is 11.6 Å². The minimum absolute atomic E-state index is 0.0451. The Labute approximate surface area is 187 Å². The molecule has 0 spiro atoms. The van der Waals surface area contributed by atoms with Crippen molar-refractivity contribution in [1.29, 1.82) is 0 Å². The number of nitrogens with one attached hydrogen (secondary N) is 1. The number of sulfonamides is 1. The first kappa shape index (κ1) is 23.4. The van der Waals surface area contributed by atoms with Gasteiger partial charge in [0.1, 0.15) is 0 Å². The first-order chi connectivity index (χ1) is 15.2. The standard InChI is InChI=1S/C22H16ClF3N2O3S/c1-2-12-28(14-6-4-3-5-7-14)32(30,31)15-8-9-17(23)16(13-15)22(29)27-19-11-10-18(24)20(25)21(19)26/h2-11,13H,1,12H2,(H,27,29). The summed E-state index contributed by atoms with van der Waals surface area (Å²) >= 11 is 6.05. The highest BCUT2D eigenvalue weighted by Crippen LogP contribution is 2.28. The number of carbonyl (C=O) groups is 1. The Kier molecular flexibility index (Phi) is 6.90. The van der Waals surface area contributed by atoms with E-state index in [1.165, 1.54) is 18.2 Å². The minimum atomic E-state index is -4.14. The summed E-state index contributed by atoms with van der Waals surface area (Å²) in [5, 5.41) is 1.94. The van der Waals surface area contributed by atoms with Gasteiger partial charge in [0.05, 0.1) is 33.4 Å². The second kappa shape index (κ2) is 9.46. The SMILES string of the molecule is C=CCN(c1ccccc1)S(=O)(=O)c1ccc(Cl)c(C(=O)Nc2ccc(F)c(F)c2F)c1. The van der Waals surface area contributed by atoms with Crippen LogP contribution in [-0.4, -0.2) is 20.9 Å². The number of amides is 1. The van der Waals surface area contributed by atoms with Gasteiger partial charge in [-0.2, -0.15) is 0 Å². The van der Waals surface area contributed by atoms with Crippen molar-refractivity contribution in [3.05, 3.63) is 101 Å². The van der Waals surface area contributed by atoms with Gasteiger partial charge in [0.15, 0.2) is 17.5 Å². The van der Waals surface area contributed by atoms with E-state index in [1.807, 2.05) is 0 Å². The molecule has 1 N–H and O–H groups in total. The third kappa shape index (κ3) is 4.63. The van der Waals surface area contributed by atoms with Gasteiger partial charge in [-0.3, -0.25) is 9.10 Å². The Balaban J connectivity index is 2.00. The van der Waals surface area contributed by atoms with Gasteiger partial charge in [-0.25, -0.2) is 21.6 Å². The van der Waals surface area contributed by atoms with E-state index in [2.05, 4.69) is 11.9 Å². The van der Waals surface area contributed by atoms with Crippen LogP contribution < -0.4 is 9.62 Å². The summed E-state index contributed by atoms with van der Waals surface area (Å²) in [6, 6.07) is 13.1. The highest BCUT2D eigenvalue weighted by Gasteiger charge is 2.26. The highest BCUT2D eigenvalue weighted by atomic mass is 35.5. The number of benzene rings is 3. The molecule has 0 bridgehead atoms. The van der Waals surface area contributed by atoms with Gasteiger partial charge in [0.2, 0.25) is 0 Å². The number of carbonyl (C=O) groups excluding carboxylic acids is 1. The van der Waals surface area contributed by atoms with E-state index in [0.29, 0.717) is 11.8 Å². The molecule has 0 radical (unpaired) electrons. The lowest BCUT2D eigenvalue weighted by Crippen LogP contribution is -2.31. The molecule has 0 aliphatic carbocycles. The lowest BCUT2D eigenvalue weighted by molar-refractivity contribution is 0.102. The van der Waals surface area contributed by atoms with Gasteiger partial charge in [0, 0.05) is 0 Å². The first-order valence-electron chi connectivity index (χ1n) is 9.10. The van der Waals surface area contributed by atoms with Gasteiger partial charge < -0.3 is 5.32 Å². The number of hydrogen-bond donors (Lipinski definition) is 1. The molecule has 166 valence electrons. The summed E-state index contributed by atoms with van der Waals surface area (Å²) in [5.41, 5.74) is -0.559. The normalized spacial score (nSPS) is 11.1. The van der Waals surface area contributed by atoms with E-state index in [4.69, 9.17) is 11.6 Å². The molecule has 0 aliphatic heterocycles. The van der Waals surface area contributed by atoms with Gasteiger partial charge in [-0.1, -0.05) is 35.9 Å². The van der Waals surface area contributed by atoms with E-state index in [1.54, 1.807) is 30.3 Å². The molecule has 3 aromatic rings. The molecule has 0 saturated carbocycles. The zero-order valence-corrected chi connectivity index (χ0v) is 17.9. The zero-order valence-electron chi connectivity index (χ0n) is 16.4. The smallest absolute Gasteiger partial charge is 0.264 e. The highest BCUT2D eigenvalue weighted by molar-refractivity contribution is 7.92. The number of rotatable bonds is 7. The summed E-state index contributed by atoms with van der Waals surface area (Å²) < 4.78 is 68.1. The second-order valence-electron chi connectivity index (χ2n) is 6.48. The average molecular weight is 481 g/mol. The predicted molar refractivity (Wildman–Crippen MR) is 117 cm³/mol. The van der Waals surface area contributed by atoms with E-state index < -0.39 is 39.1 Å². The predicted octanol–water partition coefficient (Wildman–Crippen LogP) is 5.39. The van der Waals surface area contributed by atoms with Crippen LogP contribution in [0, 0.1) is 17.5 Å². The third-order valence-corrected chi connectivity index (χ3v) is 6.51. The van der Waals surface area contributed by atoms with Crippen LogP contribution in [0.3, 0.4) is 0 Å². The Morgan fingerprint density at radius 2 is 1.72 bits per heavy atom. The van der Waals surface area contributed by atoms with Crippen molar-refractivity contribution in [1.82, 2.24) is 0 Å². The van der Waals surface area contributed by atoms with Crippen LogP contribution in [0.2, 0.25) is 5.02 Å². The van der Waals surface area contributed by atoms with E-state index >= 15 is 0 Å². The maximum absolute atomic E-state index is 13.9. The van der Waals surface area contributed by atoms with Crippen molar-refractivity contribution in [2.75, 3.05) is 16.2 Å². The molecule has 3 aromatic carbocycles. The van der Waals surface area contributed by atoms with Crippen molar-refractivity contribution in [2.45, 2.75) is 4.90 Å². The van der Waals surface area contributed by atoms with Crippen molar-refractivity contribution in [3.63, 3.8) is 0 Å². The van der Waals surface area contributed by atoms with Crippen LogP contribution in [0.15, 0.2) is 78.2 Å². The van der Waals surface area contributed by atoms with E-state index in [-0.39, 0.29) is 22.0 Å². The van der Waals surface area contributed by atoms with Crippen molar-refractivity contribution >= 4 is 38.9 Å². The Bertz CT molecular complexity index is 1290. The number of para-hydroxylation sites is 1. The average Bonchev–Trinajstić information content (AvgIpc) is 2.78. The first-order valence-corrected chi connectivity index (χ1v) is 10.9. The molecule has 0 unspecified atom stereocenters. The summed E-state index contributed by atoms with van der Waals surface area (Å²) in [7, 11) is -4.14. The molecule has 32 heavy (non-hydrogen) atoms. The number of halogens is 4. The van der Waals surface area contributed by atoms with Crippen molar-refractivity contribution < 1.29 is 26.4 Å². The van der Waals surface area contributed by atoms with Gasteiger partial charge in [0.25, 0.3) is 15.9 Å². The monoisotopic (exact) mass is 480 g/mol. The maximum atomic E-state index is 13.9. The molecular formula is C22H16ClF3N2O3S. The zero-order chi connectivity index (χ0) is 23.5. The number of nitrogens with zero attached hydrogens (tertiary/aromatic N) is 1. The Hall–Kier alpha value is -3.30. The van der Waals surface area contributed by atoms with E-state index in [0.717, 1.165) is 16.4 Å². The number of hydrogen-bond acceptors (Lipinski definition) is 3. The molecule has 3 rings (SSSR count). The fourth-order valence-electron chi connectivity index (χ4n) is 2.83. The van der Waals surface area contributed by atoms with Crippen LogP contribution in [0.1, 0.15) is 10.4 Å². The topological polar surface area (TPSA) is 66.5 Å². The van der Waals surface area contributed by atoms with Crippen molar-refractivity contribution in [3.8, 4) is 0 Å². The van der Waals surface area contributed by atoms with Crippen LogP contribution in [0.4, 0.5) is 24.5 Å². The largest absolute Gasteiger partial charge is 0.319 e. The molecule has 0 saturated heterocycles. The summed E-state index contributed by atoms with van der Waals surface area (Å²) in [5.74, 6) is -5.78. The summed E-state index contributed by atoms with van der Waals surface area (Å²) in [4.78, 5) is 12.4. The van der Waals surface area contributed by atoms with E-state index in [9.17, 15) is 26.4 Å². The second-order valence-corrected chi connectivity index (χ2v) is 8.75. The lowest BCUT2D eigenvalue weighted by atomic mass is 10.2.